The van der Waals surface area contributed by atoms with Crippen LogP contribution in [0.4, 0.5) is 5.82 Å². The van der Waals surface area contributed by atoms with Crippen molar-refractivity contribution in [2.45, 2.75) is 64.1 Å². The summed E-state index contributed by atoms with van der Waals surface area (Å²) in [6.45, 7) is 7.05. The van der Waals surface area contributed by atoms with Gasteiger partial charge in [0.2, 0.25) is 5.60 Å². The molecule has 0 radical (unpaired) electrons. The summed E-state index contributed by atoms with van der Waals surface area (Å²) in [4.78, 5) is 16.5. The van der Waals surface area contributed by atoms with E-state index < -0.39 is 50.3 Å². The Hall–Kier alpha value is -3.57. The number of hydrogen-bond donors (Lipinski definition) is 4. The molecule has 1 aliphatic heterocycles. The predicted molar refractivity (Wildman–Crippen MR) is 150 cm³/mol. The van der Waals surface area contributed by atoms with Gasteiger partial charge in [-0.25, -0.2) is 14.1 Å². The number of aromatic nitrogens is 3. The summed E-state index contributed by atoms with van der Waals surface area (Å²) in [5.41, 5.74) is 4.22. The number of rotatable bonds is 11. The quantitative estimate of drug-likeness (QED) is 0.184. The van der Waals surface area contributed by atoms with E-state index in [0.29, 0.717) is 11.9 Å². The number of carbonyl (C=O) groups is 1. The zero-order valence-corrected chi connectivity index (χ0v) is 24.6. The first-order valence-corrected chi connectivity index (χ1v) is 14.8. The number of nitriles is 1. The van der Waals surface area contributed by atoms with Crippen molar-refractivity contribution < 1.29 is 38.1 Å². The van der Waals surface area contributed by atoms with Crippen LogP contribution in [0.5, 0.6) is 5.75 Å². The molecule has 42 heavy (non-hydrogen) atoms. The highest BCUT2D eigenvalue weighted by Gasteiger charge is 2.58. The molecule has 226 valence electrons. The fraction of sp³-hybridized carbons (Fsp3) is 0.481. The van der Waals surface area contributed by atoms with E-state index in [2.05, 4.69) is 15.2 Å². The number of hydrogen-bond acceptors (Lipinski definition) is 12. The van der Waals surface area contributed by atoms with Gasteiger partial charge in [0, 0.05) is 0 Å². The molecule has 0 amide bonds. The third kappa shape index (κ3) is 6.73. The fourth-order valence-corrected chi connectivity index (χ4v) is 5.81. The third-order valence-corrected chi connectivity index (χ3v) is 8.31. The average molecular weight is 603 g/mol. The molecular weight excluding hydrogens is 567 g/mol. The Labute approximate surface area is 242 Å². The minimum Gasteiger partial charge on any atom is -0.465 e. The lowest BCUT2D eigenvalue weighted by molar-refractivity contribution is -0.146. The van der Waals surface area contributed by atoms with E-state index in [-0.39, 0.29) is 29.3 Å². The van der Waals surface area contributed by atoms with Gasteiger partial charge < -0.3 is 29.9 Å². The Balaban J connectivity index is 1.53. The number of ether oxygens (including phenoxy) is 2. The average Bonchev–Trinajstić information content (AvgIpc) is 3.48. The normalized spacial score (nSPS) is 24.5. The largest absolute Gasteiger partial charge is 0.465 e. The molecule has 1 unspecified atom stereocenters. The minimum absolute atomic E-state index is 0.0518. The van der Waals surface area contributed by atoms with Gasteiger partial charge in [0.25, 0.3) is 0 Å². The predicted octanol–water partition coefficient (Wildman–Crippen LogP) is 2.31. The van der Waals surface area contributed by atoms with Gasteiger partial charge in [-0.05, 0) is 43.0 Å². The van der Waals surface area contributed by atoms with E-state index in [1.807, 2.05) is 26.8 Å². The number of carbonyl (C=O) groups excluding carboxylic acids is 1. The molecular formula is C27H35N6O8P. The van der Waals surface area contributed by atoms with Gasteiger partial charge in [-0.15, -0.1) is 0 Å². The van der Waals surface area contributed by atoms with Gasteiger partial charge in [0.05, 0.1) is 18.9 Å². The van der Waals surface area contributed by atoms with Crippen LogP contribution in [0.2, 0.25) is 0 Å². The first-order chi connectivity index (χ1) is 19.8. The summed E-state index contributed by atoms with van der Waals surface area (Å²) in [7, 11) is -4.32. The number of nitrogens with one attached hydrogen (secondary N) is 1. The van der Waals surface area contributed by atoms with Crippen LogP contribution in [0, 0.1) is 16.7 Å². The number of esters is 1. The molecule has 14 nitrogen and oxygen atoms in total. The van der Waals surface area contributed by atoms with Crippen molar-refractivity contribution in [2.24, 2.45) is 5.41 Å². The zero-order valence-electron chi connectivity index (χ0n) is 23.7. The molecule has 1 aliphatic rings. The molecule has 0 bridgehead atoms. The van der Waals surface area contributed by atoms with Crippen LogP contribution in [-0.4, -0.2) is 68.3 Å². The van der Waals surface area contributed by atoms with Crippen molar-refractivity contribution in [3.8, 4) is 11.8 Å². The molecule has 4 rings (SSSR count). The minimum atomic E-state index is -4.32. The lowest BCUT2D eigenvalue weighted by Gasteiger charge is -2.25. The van der Waals surface area contributed by atoms with E-state index in [0.717, 1.165) is 0 Å². The lowest BCUT2D eigenvalue weighted by atomic mass is 9.92. The van der Waals surface area contributed by atoms with Crippen LogP contribution in [-0.2, 0) is 29.0 Å². The maximum absolute atomic E-state index is 13.9. The van der Waals surface area contributed by atoms with E-state index in [4.69, 9.17) is 24.3 Å². The van der Waals surface area contributed by atoms with Gasteiger partial charge >= 0.3 is 13.7 Å². The van der Waals surface area contributed by atoms with E-state index in [9.17, 15) is 24.8 Å². The van der Waals surface area contributed by atoms with Gasteiger partial charge in [0.15, 0.2) is 5.82 Å². The fourth-order valence-electron chi connectivity index (χ4n) is 4.30. The van der Waals surface area contributed by atoms with Crippen molar-refractivity contribution in [3.05, 3.63) is 54.5 Å². The topological polar surface area (TPSA) is 204 Å². The smallest absolute Gasteiger partial charge is 0.459 e. The van der Waals surface area contributed by atoms with E-state index >= 15 is 0 Å². The highest BCUT2D eigenvalue weighted by Crippen LogP contribution is 2.47. The number of benzene rings is 1. The third-order valence-electron chi connectivity index (χ3n) is 6.67. The highest BCUT2D eigenvalue weighted by atomic mass is 31.2. The molecule has 1 saturated heterocycles. The summed E-state index contributed by atoms with van der Waals surface area (Å²) in [5, 5.41) is 38.6. The molecule has 1 aromatic carbocycles. The van der Waals surface area contributed by atoms with Gasteiger partial charge in [-0.1, -0.05) is 39.0 Å². The molecule has 15 heteroatoms. The number of aliphatic hydroxyl groups is 2. The number of nitrogen functional groups attached to an aromatic ring is 1. The van der Waals surface area contributed by atoms with Gasteiger partial charge in [0.1, 0.15) is 48.0 Å². The maximum Gasteiger partial charge on any atom is 0.459 e. The van der Waals surface area contributed by atoms with Crippen molar-refractivity contribution in [3.63, 3.8) is 0 Å². The van der Waals surface area contributed by atoms with Crippen LogP contribution >= 0.6 is 7.75 Å². The monoisotopic (exact) mass is 602 g/mol. The molecule has 0 spiro atoms. The number of nitrogens with two attached hydrogens (primary N) is 1. The molecule has 6 atom stereocenters. The number of fused-ring (bicyclic) bond motifs is 1. The Morgan fingerprint density at radius 2 is 2.00 bits per heavy atom. The number of para-hydroxylation sites is 1. The molecule has 5 N–H and O–H groups in total. The molecule has 1 fully saturated rings. The first-order valence-electron chi connectivity index (χ1n) is 13.3. The molecule has 2 aromatic heterocycles. The van der Waals surface area contributed by atoms with E-state index in [1.165, 1.54) is 23.8 Å². The first kappa shape index (κ1) is 31.4. The van der Waals surface area contributed by atoms with Crippen LogP contribution in [0.15, 0.2) is 48.8 Å². The second kappa shape index (κ2) is 12.3. The second-order valence-electron chi connectivity index (χ2n) is 11.1. The molecule has 0 aliphatic carbocycles. The van der Waals surface area contributed by atoms with E-state index in [1.54, 1.807) is 36.4 Å². The SMILES string of the molecule is C[C@H](NP(=O)(OC[C@H]1O[C@@](C#N)(c2ccc3c(N)ncnn23)[C@H](O)[C@@H]1O)Oc1ccccc1)C(=O)OCCC(C)(C)C. The Bertz CT molecular complexity index is 1490. The highest BCUT2D eigenvalue weighted by molar-refractivity contribution is 7.52. The standard InChI is InChI=1S/C27H35N6O8P/c1-17(25(36)38-13-12-26(2,3)4)32-42(37,41-18-8-6-5-7-9-18)39-14-20-22(34)23(35)27(15-28,40-20)21-11-10-19-24(29)30-16-31-33(19)21/h5-11,16-17,20,22-23,34-35H,12-14H2,1-4H3,(H,32,37)(H2,29,30,31)/t17-,20+,22+,23+,27-,42?/m0/s1. The summed E-state index contributed by atoms with van der Waals surface area (Å²) in [6, 6.07) is 12.0. The van der Waals surface area contributed by atoms with Crippen LogP contribution < -0.4 is 15.3 Å². The second-order valence-corrected chi connectivity index (χ2v) is 12.8. The Kier molecular flexibility index (Phi) is 9.22. The van der Waals surface area contributed by atoms with Crippen molar-refractivity contribution in [2.75, 3.05) is 18.9 Å². The molecule has 0 saturated carbocycles. The zero-order chi connectivity index (χ0) is 30.7. The maximum atomic E-state index is 13.9. The van der Waals surface area contributed by atoms with Crippen molar-refractivity contribution >= 4 is 25.1 Å². The molecule has 3 aromatic rings. The van der Waals surface area contributed by atoms with Crippen molar-refractivity contribution in [1.29, 1.82) is 5.26 Å². The Morgan fingerprint density at radius 3 is 2.67 bits per heavy atom. The number of anilines is 1. The summed E-state index contributed by atoms with van der Waals surface area (Å²) < 4.78 is 37.7. The van der Waals surface area contributed by atoms with Crippen LogP contribution in [0.25, 0.3) is 5.52 Å². The lowest BCUT2D eigenvalue weighted by Crippen LogP contribution is -2.41. The summed E-state index contributed by atoms with van der Waals surface area (Å²) in [6.07, 6.45) is -2.93. The summed E-state index contributed by atoms with van der Waals surface area (Å²) >= 11 is 0. The van der Waals surface area contributed by atoms with Crippen LogP contribution in [0.1, 0.15) is 39.8 Å². The van der Waals surface area contributed by atoms with Gasteiger partial charge in [-0.2, -0.15) is 15.4 Å². The molecule has 3 heterocycles. The van der Waals surface area contributed by atoms with Crippen LogP contribution in [0.3, 0.4) is 0 Å². The summed E-state index contributed by atoms with van der Waals surface area (Å²) in [5.74, 6) is -0.358. The number of nitrogens with zero attached hydrogens (tertiary/aromatic N) is 4. The van der Waals surface area contributed by atoms with Crippen molar-refractivity contribution in [1.82, 2.24) is 19.7 Å². The Morgan fingerprint density at radius 1 is 1.29 bits per heavy atom. The number of aliphatic hydroxyl groups excluding tert-OH is 2. The van der Waals surface area contributed by atoms with Gasteiger partial charge in [-0.3, -0.25) is 9.32 Å².